The van der Waals surface area contributed by atoms with Crippen LogP contribution in [-0.2, 0) is 11.3 Å². The van der Waals surface area contributed by atoms with Crippen molar-refractivity contribution in [3.05, 3.63) is 72.0 Å². The highest BCUT2D eigenvalue weighted by Gasteiger charge is 2.15. The number of anilines is 2. The fourth-order valence-corrected chi connectivity index (χ4v) is 3.65. The van der Waals surface area contributed by atoms with Crippen LogP contribution in [-0.4, -0.2) is 16.4 Å². The number of para-hydroxylation sites is 1. The van der Waals surface area contributed by atoms with Crippen LogP contribution in [0.2, 0.25) is 0 Å². The SMILES string of the molecule is CCn1c2ccccc2c2cc(NC(=O)c3cc(NC(C)=O)ccc3F)ccc21. The molecule has 0 unspecified atom stereocenters. The standard InChI is InChI=1S/C23H20FN3O2/c1-3-27-21-7-5-4-6-17(21)18-12-16(9-11-22(18)27)26-23(29)19-13-15(25-14(2)28)8-10-20(19)24/h4-13H,3H2,1-2H3,(H,25,28)(H,26,29). The second-order valence-electron chi connectivity index (χ2n) is 6.82. The zero-order valence-corrected chi connectivity index (χ0v) is 16.1. The number of carbonyl (C=O) groups excluding carboxylic acids is 2. The van der Waals surface area contributed by atoms with Crippen molar-refractivity contribution < 1.29 is 14.0 Å². The first-order valence-electron chi connectivity index (χ1n) is 9.37. The van der Waals surface area contributed by atoms with Crippen molar-refractivity contribution >= 4 is 45.0 Å². The molecule has 0 saturated heterocycles. The van der Waals surface area contributed by atoms with Crippen LogP contribution in [0.25, 0.3) is 21.8 Å². The first kappa shape index (κ1) is 18.7. The van der Waals surface area contributed by atoms with Crippen molar-refractivity contribution in [3.63, 3.8) is 0 Å². The van der Waals surface area contributed by atoms with Gasteiger partial charge in [-0.15, -0.1) is 0 Å². The first-order valence-corrected chi connectivity index (χ1v) is 9.37. The van der Waals surface area contributed by atoms with Gasteiger partial charge in [-0.1, -0.05) is 18.2 Å². The molecule has 1 heterocycles. The molecule has 2 N–H and O–H groups in total. The second-order valence-corrected chi connectivity index (χ2v) is 6.82. The fraction of sp³-hybridized carbons (Fsp3) is 0.130. The van der Waals surface area contributed by atoms with Crippen LogP contribution in [0.5, 0.6) is 0 Å². The summed E-state index contributed by atoms with van der Waals surface area (Å²) in [6, 6.07) is 17.7. The first-order chi connectivity index (χ1) is 14.0. The molecule has 4 aromatic rings. The van der Waals surface area contributed by atoms with Gasteiger partial charge in [0.2, 0.25) is 5.91 Å². The van der Waals surface area contributed by atoms with Gasteiger partial charge in [0.1, 0.15) is 5.82 Å². The minimum absolute atomic E-state index is 0.132. The topological polar surface area (TPSA) is 63.1 Å². The van der Waals surface area contributed by atoms with Crippen LogP contribution in [0.1, 0.15) is 24.2 Å². The van der Waals surface area contributed by atoms with E-state index in [1.807, 2.05) is 30.3 Å². The van der Waals surface area contributed by atoms with E-state index < -0.39 is 11.7 Å². The molecular formula is C23H20FN3O2. The molecule has 6 heteroatoms. The Bertz CT molecular complexity index is 1260. The molecule has 0 atom stereocenters. The molecule has 0 radical (unpaired) electrons. The summed E-state index contributed by atoms with van der Waals surface area (Å²) in [5, 5.41) is 7.44. The fourth-order valence-electron chi connectivity index (χ4n) is 3.65. The highest BCUT2D eigenvalue weighted by Crippen LogP contribution is 2.31. The molecule has 0 aliphatic rings. The molecule has 1 aromatic heterocycles. The normalized spacial score (nSPS) is 11.0. The molecule has 2 amide bonds. The Hall–Kier alpha value is -3.67. The van der Waals surface area contributed by atoms with Crippen molar-refractivity contribution in [3.8, 4) is 0 Å². The number of amides is 2. The predicted molar refractivity (Wildman–Crippen MR) is 114 cm³/mol. The lowest BCUT2D eigenvalue weighted by Crippen LogP contribution is -2.15. The quantitative estimate of drug-likeness (QED) is 0.506. The number of fused-ring (bicyclic) bond motifs is 3. The van der Waals surface area contributed by atoms with Crippen LogP contribution in [0.4, 0.5) is 15.8 Å². The smallest absolute Gasteiger partial charge is 0.258 e. The Morgan fingerprint density at radius 2 is 1.59 bits per heavy atom. The summed E-state index contributed by atoms with van der Waals surface area (Å²) in [6.07, 6.45) is 0. The number of benzene rings is 3. The van der Waals surface area contributed by atoms with Crippen LogP contribution in [0.3, 0.4) is 0 Å². The van der Waals surface area contributed by atoms with Crippen molar-refractivity contribution in [1.82, 2.24) is 4.57 Å². The number of aryl methyl sites for hydroxylation is 1. The van der Waals surface area contributed by atoms with Gasteiger partial charge in [-0.3, -0.25) is 9.59 Å². The summed E-state index contributed by atoms with van der Waals surface area (Å²) in [6.45, 7) is 4.27. The van der Waals surface area contributed by atoms with Gasteiger partial charge in [0.05, 0.1) is 5.56 Å². The second kappa shape index (κ2) is 7.39. The van der Waals surface area contributed by atoms with Gasteiger partial charge in [0.15, 0.2) is 0 Å². The molecule has 0 aliphatic carbocycles. The van der Waals surface area contributed by atoms with Crippen LogP contribution < -0.4 is 10.6 Å². The molecule has 0 spiro atoms. The molecule has 146 valence electrons. The van der Waals surface area contributed by atoms with E-state index in [9.17, 15) is 14.0 Å². The molecule has 0 fully saturated rings. The summed E-state index contributed by atoms with van der Waals surface area (Å²) in [5.41, 5.74) is 3.01. The average Bonchev–Trinajstić information content (AvgIpc) is 3.02. The third kappa shape index (κ3) is 3.45. The molecule has 5 nitrogen and oxygen atoms in total. The summed E-state index contributed by atoms with van der Waals surface area (Å²) < 4.78 is 16.4. The van der Waals surface area contributed by atoms with E-state index in [-0.39, 0.29) is 11.5 Å². The van der Waals surface area contributed by atoms with Crippen LogP contribution >= 0.6 is 0 Å². The number of aromatic nitrogens is 1. The van der Waals surface area contributed by atoms with Crippen molar-refractivity contribution in [1.29, 1.82) is 0 Å². The number of carbonyl (C=O) groups is 2. The lowest BCUT2D eigenvalue weighted by atomic mass is 10.1. The maximum Gasteiger partial charge on any atom is 0.258 e. The number of hydrogen-bond acceptors (Lipinski definition) is 2. The minimum Gasteiger partial charge on any atom is -0.341 e. The van der Waals surface area contributed by atoms with Crippen molar-refractivity contribution in [2.75, 3.05) is 10.6 Å². The van der Waals surface area contributed by atoms with Crippen LogP contribution in [0, 0.1) is 5.82 Å². The zero-order chi connectivity index (χ0) is 20.5. The predicted octanol–water partition coefficient (Wildman–Crippen LogP) is 5.16. The largest absolute Gasteiger partial charge is 0.341 e. The number of halogens is 1. The third-order valence-electron chi connectivity index (χ3n) is 4.88. The summed E-state index contributed by atoms with van der Waals surface area (Å²) >= 11 is 0. The summed E-state index contributed by atoms with van der Waals surface area (Å²) in [5.74, 6) is -1.52. The van der Waals surface area contributed by atoms with Crippen LogP contribution in [0.15, 0.2) is 60.7 Å². The van der Waals surface area contributed by atoms with E-state index in [4.69, 9.17) is 0 Å². The Balaban J connectivity index is 1.70. The van der Waals surface area contributed by atoms with E-state index >= 15 is 0 Å². The number of nitrogens with one attached hydrogen (secondary N) is 2. The Morgan fingerprint density at radius 1 is 0.897 bits per heavy atom. The van der Waals surface area contributed by atoms with Gasteiger partial charge in [0, 0.05) is 46.6 Å². The van der Waals surface area contributed by atoms with E-state index in [1.54, 1.807) is 6.07 Å². The molecular weight excluding hydrogens is 369 g/mol. The van der Waals surface area contributed by atoms with Gasteiger partial charge >= 0.3 is 0 Å². The van der Waals surface area contributed by atoms with Crippen molar-refractivity contribution in [2.24, 2.45) is 0 Å². The Kier molecular flexibility index (Phi) is 4.76. The highest BCUT2D eigenvalue weighted by atomic mass is 19.1. The molecule has 0 saturated carbocycles. The minimum atomic E-state index is -0.653. The lowest BCUT2D eigenvalue weighted by Gasteiger charge is -2.09. The average molecular weight is 389 g/mol. The maximum absolute atomic E-state index is 14.2. The Morgan fingerprint density at radius 3 is 2.34 bits per heavy atom. The van der Waals surface area contributed by atoms with Gasteiger partial charge in [-0.25, -0.2) is 4.39 Å². The van der Waals surface area contributed by atoms with E-state index in [2.05, 4.69) is 28.2 Å². The lowest BCUT2D eigenvalue weighted by molar-refractivity contribution is -0.114. The molecule has 29 heavy (non-hydrogen) atoms. The number of nitrogens with zero attached hydrogens (tertiary/aromatic N) is 1. The van der Waals surface area contributed by atoms with E-state index in [1.165, 1.54) is 19.1 Å². The monoisotopic (exact) mass is 389 g/mol. The highest BCUT2D eigenvalue weighted by molar-refractivity contribution is 6.11. The maximum atomic E-state index is 14.2. The van der Waals surface area contributed by atoms with Gasteiger partial charge in [-0.05, 0) is 49.4 Å². The zero-order valence-electron chi connectivity index (χ0n) is 16.1. The molecule has 0 bridgehead atoms. The number of rotatable bonds is 4. The van der Waals surface area contributed by atoms with E-state index in [0.717, 1.165) is 34.4 Å². The van der Waals surface area contributed by atoms with Gasteiger partial charge < -0.3 is 15.2 Å². The molecule has 0 aliphatic heterocycles. The summed E-state index contributed by atoms with van der Waals surface area (Å²) in [7, 11) is 0. The molecule has 3 aromatic carbocycles. The Labute approximate surface area is 167 Å². The third-order valence-corrected chi connectivity index (χ3v) is 4.88. The van der Waals surface area contributed by atoms with Gasteiger partial charge in [0.25, 0.3) is 5.91 Å². The number of hydrogen-bond donors (Lipinski definition) is 2. The summed E-state index contributed by atoms with van der Waals surface area (Å²) in [4.78, 5) is 23.9. The van der Waals surface area contributed by atoms with E-state index in [0.29, 0.717) is 11.4 Å². The molecule has 4 rings (SSSR count). The van der Waals surface area contributed by atoms with Crippen molar-refractivity contribution in [2.45, 2.75) is 20.4 Å². The van der Waals surface area contributed by atoms with Gasteiger partial charge in [-0.2, -0.15) is 0 Å².